The lowest BCUT2D eigenvalue weighted by atomic mass is 10.2. The molecule has 3 rings (SSSR count). The number of carboxylic acid groups (broad SMARTS) is 1. The van der Waals surface area contributed by atoms with E-state index in [9.17, 15) is 18.3 Å². The fraction of sp³-hybridized carbons (Fsp3) is 0. The van der Waals surface area contributed by atoms with E-state index >= 15 is 0 Å². The van der Waals surface area contributed by atoms with Gasteiger partial charge in [-0.05, 0) is 40.2 Å². The van der Waals surface area contributed by atoms with Crippen LogP contribution >= 0.6 is 15.9 Å². The summed E-state index contributed by atoms with van der Waals surface area (Å²) in [6.45, 7) is 0. The van der Waals surface area contributed by atoms with Crippen LogP contribution in [0.5, 0.6) is 0 Å². The summed E-state index contributed by atoms with van der Waals surface area (Å²) in [6.07, 6.45) is -1.75. The van der Waals surface area contributed by atoms with Gasteiger partial charge in [-0.2, -0.15) is 4.31 Å². The van der Waals surface area contributed by atoms with Gasteiger partial charge in [-0.3, -0.25) is 0 Å². The summed E-state index contributed by atoms with van der Waals surface area (Å²) in [5, 5.41) is 19.3. The third-order valence-corrected chi connectivity index (χ3v) is 5.73. The normalized spacial score (nSPS) is 15.8. The van der Waals surface area contributed by atoms with E-state index in [0.29, 0.717) is 8.78 Å². The van der Waals surface area contributed by atoms with E-state index in [4.69, 9.17) is 5.11 Å². The Balaban J connectivity index is 2.36. The van der Waals surface area contributed by atoms with Crippen LogP contribution in [0.25, 0.3) is 5.76 Å². The SMILES string of the molecule is O=C(O)OC1=C(O)c2ccccc2S(=O)(=O)N1c1ccccc1Br. The molecule has 2 aromatic rings. The maximum Gasteiger partial charge on any atom is 0.512 e. The molecular weight excluding hydrogens is 402 g/mol. The van der Waals surface area contributed by atoms with Gasteiger partial charge < -0.3 is 14.9 Å². The van der Waals surface area contributed by atoms with Gasteiger partial charge >= 0.3 is 6.16 Å². The van der Waals surface area contributed by atoms with Crippen molar-refractivity contribution in [3.8, 4) is 0 Å². The van der Waals surface area contributed by atoms with Crippen LogP contribution in [0.1, 0.15) is 5.56 Å². The van der Waals surface area contributed by atoms with Crippen molar-refractivity contribution < 1.29 is 28.2 Å². The van der Waals surface area contributed by atoms with Crippen LogP contribution in [0.15, 0.2) is 63.8 Å². The molecule has 1 heterocycles. The number of halogens is 1. The highest BCUT2D eigenvalue weighted by Gasteiger charge is 2.41. The van der Waals surface area contributed by atoms with Gasteiger partial charge in [0.1, 0.15) is 0 Å². The number of fused-ring (bicyclic) bond motifs is 1. The van der Waals surface area contributed by atoms with Crippen molar-refractivity contribution in [1.29, 1.82) is 0 Å². The number of aliphatic hydroxyl groups is 1. The Bertz CT molecular complexity index is 969. The van der Waals surface area contributed by atoms with Crippen LogP contribution < -0.4 is 4.31 Å². The number of hydrogen-bond donors (Lipinski definition) is 2. The van der Waals surface area contributed by atoms with Crippen molar-refractivity contribution in [3.05, 3.63) is 64.5 Å². The molecule has 24 heavy (non-hydrogen) atoms. The van der Waals surface area contributed by atoms with Gasteiger partial charge in [0, 0.05) is 10.0 Å². The predicted molar refractivity (Wildman–Crippen MR) is 88.9 cm³/mol. The molecule has 0 aliphatic carbocycles. The van der Waals surface area contributed by atoms with Crippen molar-refractivity contribution in [2.75, 3.05) is 4.31 Å². The third kappa shape index (κ3) is 2.51. The first-order valence-electron chi connectivity index (χ1n) is 6.57. The number of benzene rings is 2. The number of anilines is 1. The van der Waals surface area contributed by atoms with E-state index in [2.05, 4.69) is 20.7 Å². The second-order valence-electron chi connectivity index (χ2n) is 4.74. The standard InChI is InChI=1S/C15H10BrNO6S/c16-10-6-2-3-7-11(10)17-14(23-15(19)20)13(18)9-5-1-4-8-12(9)24(17,21)22/h1-8,18H,(H,19,20). The summed E-state index contributed by atoms with van der Waals surface area (Å²) in [6, 6.07) is 12.0. The van der Waals surface area contributed by atoms with Gasteiger partial charge in [0.05, 0.1) is 10.6 Å². The Labute approximate surface area is 145 Å². The maximum absolute atomic E-state index is 13.0. The van der Waals surface area contributed by atoms with Crippen molar-refractivity contribution in [1.82, 2.24) is 0 Å². The Kier molecular flexibility index (Phi) is 3.98. The van der Waals surface area contributed by atoms with E-state index in [1.165, 1.54) is 30.3 Å². The van der Waals surface area contributed by atoms with Crippen LogP contribution in [-0.2, 0) is 14.8 Å². The fourth-order valence-corrected chi connectivity index (χ4v) is 4.56. The molecule has 0 saturated carbocycles. The minimum atomic E-state index is -4.19. The smallest absolute Gasteiger partial charge is 0.503 e. The van der Waals surface area contributed by atoms with E-state index in [-0.39, 0.29) is 16.1 Å². The fourth-order valence-electron chi connectivity index (χ4n) is 2.33. The minimum absolute atomic E-state index is 0.0305. The molecule has 0 bridgehead atoms. The topological polar surface area (TPSA) is 104 Å². The van der Waals surface area contributed by atoms with Crippen LogP contribution in [0.4, 0.5) is 10.5 Å². The summed E-state index contributed by atoms with van der Waals surface area (Å²) in [5.74, 6) is -1.29. The van der Waals surface area contributed by atoms with Crippen molar-refractivity contribution in [3.63, 3.8) is 0 Å². The number of nitrogens with zero attached hydrogens (tertiary/aromatic N) is 1. The number of carbonyl (C=O) groups is 1. The van der Waals surface area contributed by atoms with Crippen molar-refractivity contribution in [2.45, 2.75) is 4.90 Å². The highest BCUT2D eigenvalue weighted by atomic mass is 79.9. The number of sulfonamides is 1. The summed E-state index contributed by atoms with van der Waals surface area (Å²) in [5.41, 5.74) is 0.0758. The summed E-state index contributed by atoms with van der Waals surface area (Å²) in [7, 11) is -4.19. The molecule has 0 amide bonds. The summed E-state index contributed by atoms with van der Waals surface area (Å²) < 4.78 is 31.6. The molecule has 0 fully saturated rings. The molecule has 0 spiro atoms. The molecule has 1 aliphatic heterocycles. The molecule has 1 aliphatic rings. The zero-order valence-electron chi connectivity index (χ0n) is 11.9. The van der Waals surface area contributed by atoms with Crippen LogP contribution in [0.2, 0.25) is 0 Å². The van der Waals surface area contributed by atoms with E-state index < -0.39 is 27.8 Å². The summed E-state index contributed by atoms with van der Waals surface area (Å²) >= 11 is 3.22. The number of para-hydroxylation sites is 1. The molecule has 2 aromatic carbocycles. The number of ether oxygens (including phenoxy) is 1. The molecule has 0 saturated heterocycles. The monoisotopic (exact) mass is 411 g/mol. The largest absolute Gasteiger partial charge is 0.512 e. The number of hydrogen-bond acceptors (Lipinski definition) is 5. The molecule has 7 nitrogen and oxygen atoms in total. The average Bonchev–Trinajstić information content (AvgIpc) is 2.54. The van der Waals surface area contributed by atoms with Gasteiger partial charge in [0.15, 0.2) is 5.76 Å². The van der Waals surface area contributed by atoms with Crippen LogP contribution in [-0.4, -0.2) is 24.8 Å². The Hall–Kier alpha value is -2.52. The van der Waals surface area contributed by atoms with Gasteiger partial charge in [0.25, 0.3) is 15.9 Å². The maximum atomic E-state index is 13.0. The predicted octanol–water partition coefficient (Wildman–Crippen LogP) is 3.54. The van der Waals surface area contributed by atoms with E-state index in [1.807, 2.05) is 0 Å². The second kappa shape index (κ2) is 5.84. The first kappa shape index (κ1) is 16.3. The molecule has 2 N–H and O–H groups in total. The molecule has 124 valence electrons. The Morgan fingerprint density at radius 1 is 1.08 bits per heavy atom. The quantitative estimate of drug-likeness (QED) is 0.732. The van der Waals surface area contributed by atoms with Gasteiger partial charge in [-0.1, -0.05) is 24.3 Å². The zero-order valence-corrected chi connectivity index (χ0v) is 14.3. The van der Waals surface area contributed by atoms with Gasteiger partial charge in [0.2, 0.25) is 0 Å². The lowest BCUT2D eigenvalue weighted by Crippen LogP contribution is -2.37. The van der Waals surface area contributed by atoms with Gasteiger partial charge in [-0.25, -0.2) is 13.2 Å². The minimum Gasteiger partial charge on any atom is -0.503 e. The molecule has 0 atom stereocenters. The lowest BCUT2D eigenvalue weighted by Gasteiger charge is -2.30. The molecule has 0 unspecified atom stereocenters. The van der Waals surface area contributed by atoms with Crippen molar-refractivity contribution in [2.24, 2.45) is 0 Å². The first-order valence-corrected chi connectivity index (χ1v) is 8.80. The first-order chi connectivity index (χ1) is 11.3. The van der Waals surface area contributed by atoms with E-state index in [1.54, 1.807) is 18.2 Å². The zero-order chi connectivity index (χ0) is 17.5. The Morgan fingerprint density at radius 3 is 2.38 bits per heavy atom. The number of rotatable bonds is 2. The third-order valence-electron chi connectivity index (χ3n) is 3.30. The number of aliphatic hydroxyl groups excluding tert-OH is 1. The molecule has 0 aromatic heterocycles. The average molecular weight is 412 g/mol. The Morgan fingerprint density at radius 2 is 1.71 bits per heavy atom. The second-order valence-corrected chi connectivity index (χ2v) is 7.35. The van der Waals surface area contributed by atoms with Gasteiger partial charge in [-0.15, -0.1) is 0 Å². The van der Waals surface area contributed by atoms with Crippen LogP contribution in [0, 0.1) is 0 Å². The lowest BCUT2D eigenvalue weighted by molar-refractivity contribution is 0.117. The van der Waals surface area contributed by atoms with E-state index in [0.717, 1.165) is 0 Å². The molecule has 9 heteroatoms. The highest BCUT2D eigenvalue weighted by Crippen LogP contribution is 2.41. The summed E-state index contributed by atoms with van der Waals surface area (Å²) in [4.78, 5) is 10.8. The van der Waals surface area contributed by atoms with Crippen molar-refractivity contribution >= 4 is 43.6 Å². The van der Waals surface area contributed by atoms with Crippen LogP contribution in [0.3, 0.4) is 0 Å². The molecular formula is C15H10BrNO6S. The molecule has 0 radical (unpaired) electrons. The highest BCUT2D eigenvalue weighted by molar-refractivity contribution is 9.10.